The number of nitrogens with two attached hydrogens (primary N) is 1. The van der Waals surface area contributed by atoms with Crippen molar-refractivity contribution in [2.45, 2.75) is 0 Å². The van der Waals surface area contributed by atoms with Crippen molar-refractivity contribution >= 4 is 39.2 Å². The molecule has 0 aliphatic rings. The normalized spacial score (nSPS) is 11.0. The number of hydrogen-bond donors (Lipinski definition) is 1. The van der Waals surface area contributed by atoms with Gasteiger partial charge in [-0.15, -0.1) is 0 Å². The van der Waals surface area contributed by atoms with Crippen molar-refractivity contribution in [3.05, 3.63) is 71.4 Å². The summed E-state index contributed by atoms with van der Waals surface area (Å²) in [5.41, 5.74) is 7.08. The second-order valence-corrected chi connectivity index (χ2v) is 5.82. The Morgan fingerprint density at radius 1 is 0.917 bits per heavy atom. The topological polar surface area (TPSA) is 68.9 Å². The Hall–Kier alpha value is -2.98. The first-order valence-electron chi connectivity index (χ1n) is 7.39. The van der Waals surface area contributed by atoms with Crippen molar-refractivity contribution in [3.63, 3.8) is 0 Å². The van der Waals surface area contributed by atoms with Crippen molar-refractivity contribution < 1.29 is 4.79 Å². The molecule has 0 saturated heterocycles. The molecule has 0 bridgehead atoms. The zero-order valence-corrected chi connectivity index (χ0v) is 13.3. The van der Waals surface area contributed by atoms with Gasteiger partial charge in [0, 0.05) is 10.9 Å². The zero-order valence-electron chi connectivity index (χ0n) is 12.5. The molecule has 0 fully saturated rings. The minimum atomic E-state index is -0.542. The number of rotatable bonds is 2. The van der Waals surface area contributed by atoms with Crippen LogP contribution in [0.4, 0.5) is 0 Å². The molecule has 0 radical (unpaired) electrons. The SMILES string of the molecule is NC(=O)c1cccc2c(Cl)nc(-c3ccc4ccccc4c3)nc12. The van der Waals surface area contributed by atoms with Crippen LogP contribution in [0.2, 0.25) is 5.15 Å². The number of primary amides is 1. The first kappa shape index (κ1) is 14.6. The molecule has 3 aromatic carbocycles. The lowest BCUT2D eigenvalue weighted by Gasteiger charge is -2.08. The van der Waals surface area contributed by atoms with Gasteiger partial charge in [-0.25, -0.2) is 9.97 Å². The Labute approximate surface area is 142 Å². The molecule has 24 heavy (non-hydrogen) atoms. The van der Waals surface area contributed by atoms with E-state index in [1.807, 2.05) is 42.5 Å². The fourth-order valence-corrected chi connectivity index (χ4v) is 3.00. The lowest BCUT2D eigenvalue weighted by molar-refractivity contribution is 0.100. The third-order valence-corrected chi connectivity index (χ3v) is 4.24. The molecule has 0 atom stereocenters. The number of amides is 1. The molecule has 0 unspecified atom stereocenters. The van der Waals surface area contributed by atoms with Crippen LogP contribution in [0.25, 0.3) is 33.1 Å². The van der Waals surface area contributed by atoms with Gasteiger partial charge in [-0.2, -0.15) is 0 Å². The van der Waals surface area contributed by atoms with E-state index < -0.39 is 5.91 Å². The summed E-state index contributed by atoms with van der Waals surface area (Å²) < 4.78 is 0. The minimum absolute atomic E-state index is 0.297. The lowest BCUT2D eigenvalue weighted by Crippen LogP contribution is -2.12. The van der Waals surface area contributed by atoms with E-state index in [1.54, 1.807) is 18.2 Å². The lowest BCUT2D eigenvalue weighted by atomic mass is 10.1. The fourth-order valence-electron chi connectivity index (χ4n) is 2.77. The monoisotopic (exact) mass is 333 g/mol. The smallest absolute Gasteiger partial charge is 0.250 e. The maximum absolute atomic E-state index is 11.7. The highest BCUT2D eigenvalue weighted by Crippen LogP contribution is 2.28. The van der Waals surface area contributed by atoms with Gasteiger partial charge in [0.2, 0.25) is 0 Å². The van der Waals surface area contributed by atoms with Crippen molar-refractivity contribution in [1.29, 1.82) is 0 Å². The maximum Gasteiger partial charge on any atom is 0.250 e. The maximum atomic E-state index is 11.7. The summed E-state index contributed by atoms with van der Waals surface area (Å²) in [7, 11) is 0. The largest absolute Gasteiger partial charge is 0.366 e. The summed E-state index contributed by atoms with van der Waals surface area (Å²) in [5, 5.41) is 3.12. The Morgan fingerprint density at radius 2 is 1.71 bits per heavy atom. The third-order valence-electron chi connectivity index (χ3n) is 3.95. The molecule has 0 saturated carbocycles. The predicted octanol–water partition coefficient (Wildman–Crippen LogP) is 4.20. The van der Waals surface area contributed by atoms with E-state index in [2.05, 4.69) is 9.97 Å². The second-order valence-electron chi connectivity index (χ2n) is 5.47. The van der Waals surface area contributed by atoms with Gasteiger partial charge in [-0.1, -0.05) is 54.1 Å². The molecular formula is C19H12ClN3O. The summed E-state index contributed by atoms with van der Waals surface area (Å²) >= 11 is 6.30. The van der Waals surface area contributed by atoms with Crippen molar-refractivity contribution in [2.75, 3.05) is 0 Å². The number of hydrogen-bond acceptors (Lipinski definition) is 3. The van der Waals surface area contributed by atoms with E-state index in [4.69, 9.17) is 17.3 Å². The second kappa shape index (κ2) is 5.58. The van der Waals surface area contributed by atoms with Gasteiger partial charge in [0.05, 0.1) is 11.1 Å². The summed E-state index contributed by atoms with van der Waals surface area (Å²) in [4.78, 5) is 20.6. The molecule has 0 aliphatic heterocycles. The van der Waals surface area contributed by atoms with Gasteiger partial charge >= 0.3 is 0 Å². The van der Waals surface area contributed by atoms with Crippen molar-refractivity contribution in [1.82, 2.24) is 9.97 Å². The first-order chi connectivity index (χ1) is 11.6. The van der Waals surface area contributed by atoms with E-state index in [9.17, 15) is 4.79 Å². The van der Waals surface area contributed by atoms with E-state index in [0.29, 0.717) is 27.4 Å². The van der Waals surface area contributed by atoms with Crippen molar-refractivity contribution in [3.8, 4) is 11.4 Å². The van der Waals surface area contributed by atoms with Crippen LogP contribution in [0.3, 0.4) is 0 Å². The molecule has 5 heteroatoms. The van der Waals surface area contributed by atoms with Gasteiger partial charge in [0.1, 0.15) is 5.15 Å². The average molecular weight is 334 g/mol. The summed E-state index contributed by atoms with van der Waals surface area (Å²) in [6.45, 7) is 0. The standard InChI is InChI=1S/C19H12ClN3O/c20-17-14-6-3-7-15(18(21)24)16(14)22-19(23-17)13-9-8-11-4-1-2-5-12(11)10-13/h1-10H,(H2,21,24). The van der Waals surface area contributed by atoms with E-state index >= 15 is 0 Å². The Morgan fingerprint density at radius 3 is 2.50 bits per heavy atom. The van der Waals surface area contributed by atoms with Gasteiger partial charge < -0.3 is 5.73 Å². The summed E-state index contributed by atoms with van der Waals surface area (Å²) in [6.07, 6.45) is 0. The number of carbonyl (C=O) groups excluding carboxylic acids is 1. The Kier molecular flexibility index (Phi) is 3.40. The first-order valence-corrected chi connectivity index (χ1v) is 7.76. The fraction of sp³-hybridized carbons (Fsp3) is 0. The molecule has 4 rings (SSSR count). The number of nitrogens with zero attached hydrogens (tertiary/aromatic N) is 2. The molecule has 1 amide bonds. The average Bonchev–Trinajstić information content (AvgIpc) is 2.60. The molecule has 4 aromatic rings. The quantitative estimate of drug-likeness (QED) is 0.559. The number of benzene rings is 3. The van der Waals surface area contributed by atoms with Crippen molar-refractivity contribution in [2.24, 2.45) is 5.73 Å². The van der Waals surface area contributed by atoms with Crippen LogP contribution in [0.5, 0.6) is 0 Å². The van der Waals surface area contributed by atoms with Gasteiger partial charge in [-0.3, -0.25) is 4.79 Å². The highest BCUT2D eigenvalue weighted by Gasteiger charge is 2.14. The van der Waals surface area contributed by atoms with Crippen LogP contribution in [-0.4, -0.2) is 15.9 Å². The van der Waals surface area contributed by atoms with Crippen LogP contribution in [-0.2, 0) is 0 Å². The molecule has 2 N–H and O–H groups in total. The van der Waals surface area contributed by atoms with Crippen LogP contribution in [0, 0.1) is 0 Å². The van der Waals surface area contributed by atoms with E-state index in [0.717, 1.165) is 16.3 Å². The number of aromatic nitrogens is 2. The molecule has 116 valence electrons. The Balaban J connectivity index is 1.98. The highest BCUT2D eigenvalue weighted by molar-refractivity contribution is 6.34. The van der Waals surface area contributed by atoms with Gasteiger partial charge in [0.25, 0.3) is 5.91 Å². The van der Waals surface area contributed by atoms with Gasteiger partial charge in [0.15, 0.2) is 5.82 Å². The minimum Gasteiger partial charge on any atom is -0.366 e. The number of fused-ring (bicyclic) bond motifs is 2. The number of para-hydroxylation sites is 1. The Bertz CT molecular complexity index is 1110. The number of halogens is 1. The third kappa shape index (κ3) is 2.37. The predicted molar refractivity (Wildman–Crippen MR) is 96.0 cm³/mol. The molecule has 1 aromatic heterocycles. The molecule has 0 aliphatic carbocycles. The van der Waals surface area contributed by atoms with Crippen LogP contribution in [0.1, 0.15) is 10.4 Å². The summed E-state index contributed by atoms with van der Waals surface area (Å²) in [6, 6.07) is 19.1. The molecule has 4 nitrogen and oxygen atoms in total. The number of carbonyl (C=O) groups is 1. The van der Waals surface area contributed by atoms with Crippen LogP contribution < -0.4 is 5.73 Å². The zero-order chi connectivity index (χ0) is 16.7. The highest BCUT2D eigenvalue weighted by atomic mass is 35.5. The molecule has 0 spiro atoms. The van der Waals surface area contributed by atoms with Crippen LogP contribution >= 0.6 is 11.6 Å². The molecular weight excluding hydrogens is 322 g/mol. The van der Waals surface area contributed by atoms with E-state index in [1.165, 1.54) is 0 Å². The molecule has 1 heterocycles. The van der Waals surface area contributed by atoms with E-state index in [-0.39, 0.29) is 0 Å². The van der Waals surface area contributed by atoms with Crippen LogP contribution in [0.15, 0.2) is 60.7 Å². The summed E-state index contributed by atoms with van der Waals surface area (Å²) in [5.74, 6) is -0.0771. The van der Waals surface area contributed by atoms with Gasteiger partial charge in [-0.05, 0) is 29.0 Å².